The molecule has 0 heterocycles. The van der Waals surface area contributed by atoms with Gasteiger partial charge in [0.1, 0.15) is 0 Å². The van der Waals surface area contributed by atoms with Crippen molar-refractivity contribution in [1.29, 1.82) is 5.26 Å². The zero-order chi connectivity index (χ0) is 20.0. The topological polar surface area (TPSA) is 27.0 Å². The van der Waals surface area contributed by atoms with Crippen LogP contribution in [0, 0.1) is 17.2 Å². The molecule has 0 N–H and O–H groups in total. The molecule has 3 heteroatoms. The molecule has 148 valence electrons. The van der Waals surface area contributed by atoms with Crippen LogP contribution in [0.15, 0.2) is 54.6 Å². The Kier molecular flexibility index (Phi) is 7.16. The van der Waals surface area contributed by atoms with E-state index in [4.69, 9.17) is 11.6 Å². The molecular weight excluding hydrogens is 364 g/mol. The summed E-state index contributed by atoms with van der Waals surface area (Å²) in [5.74, 6) is 0.425. The Labute approximate surface area is 175 Å². The molecule has 0 bridgehead atoms. The maximum atomic E-state index is 10.3. The van der Waals surface area contributed by atoms with Crippen molar-refractivity contribution in [1.82, 2.24) is 4.90 Å². The molecule has 2 unspecified atom stereocenters. The molecule has 1 fully saturated rings. The molecule has 1 saturated carbocycles. The second-order valence-electron chi connectivity index (χ2n) is 8.19. The largest absolute Gasteiger partial charge is 0.299 e. The van der Waals surface area contributed by atoms with Gasteiger partial charge in [0.15, 0.2) is 0 Å². The third-order valence-electron chi connectivity index (χ3n) is 6.60. The van der Waals surface area contributed by atoms with Crippen LogP contribution in [0.1, 0.15) is 56.6 Å². The first-order valence-corrected chi connectivity index (χ1v) is 10.9. The summed E-state index contributed by atoms with van der Waals surface area (Å²) in [4.78, 5) is 2.44. The van der Waals surface area contributed by atoms with Crippen molar-refractivity contribution in [2.75, 3.05) is 7.05 Å². The fourth-order valence-corrected chi connectivity index (χ4v) is 4.93. The van der Waals surface area contributed by atoms with E-state index in [9.17, 15) is 5.26 Å². The minimum absolute atomic E-state index is 0.425. The highest BCUT2D eigenvalue weighted by atomic mass is 35.5. The molecule has 0 radical (unpaired) electrons. The number of halogens is 1. The van der Waals surface area contributed by atoms with E-state index in [2.05, 4.69) is 61.3 Å². The number of hydrogen-bond donors (Lipinski definition) is 0. The van der Waals surface area contributed by atoms with Crippen molar-refractivity contribution < 1.29 is 0 Å². The average molecular weight is 395 g/mol. The summed E-state index contributed by atoms with van der Waals surface area (Å²) in [5, 5.41) is 11.1. The van der Waals surface area contributed by atoms with E-state index in [0.717, 1.165) is 49.2 Å². The number of hydrogen-bond acceptors (Lipinski definition) is 2. The standard InChI is InChI=1S/C25H31ClN2/c1-3-22(28(2)18-20-10-5-4-6-11-20)16-17-25(19-27,21-12-9-13-21)23-14-7-8-15-24(23)26/h4-8,10-11,14-15,21-22H,3,9,12-13,16-18H2,1-2H3. The summed E-state index contributed by atoms with van der Waals surface area (Å²) in [6.07, 6.45) is 6.46. The third-order valence-corrected chi connectivity index (χ3v) is 6.93. The molecule has 0 saturated heterocycles. The minimum Gasteiger partial charge on any atom is -0.299 e. The number of rotatable bonds is 9. The Hall–Kier alpha value is -1.82. The maximum Gasteiger partial charge on any atom is 0.0865 e. The summed E-state index contributed by atoms with van der Waals surface area (Å²) in [7, 11) is 2.20. The Morgan fingerprint density at radius 2 is 1.82 bits per heavy atom. The van der Waals surface area contributed by atoms with Crippen LogP contribution in [-0.2, 0) is 12.0 Å². The molecule has 28 heavy (non-hydrogen) atoms. The summed E-state index contributed by atoms with van der Waals surface area (Å²) in [6, 6.07) is 21.8. The molecule has 3 rings (SSSR count). The lowest BCUT2D eigenvalue weighted by atomic mass is 9.60. The summed E-state index contributed by atoms with van der Waals surface area (Å²) < 4.78 is 0. The fourth-order valence-electron chi connectivity index (χ4n) is 4.62. The fraction of sp³-hybridized carbons (Fsp3) is 0.480. The summed E-state index contributed by atoms with van der Waals surface area (Å²) in [6.45, 7) is 3.19. The lowest BCUT2D eigenvalue weighted by Gasteiger charge is -2.42. The Balaban J connectivity index is 1.77. The van der Waals surface area contributed by atoms with Gasteiger partial charge in [0.25, 0.3) is 0 Å². The second-order valence-corrected chi connectivity index (χ2v) is 8.60. The van der Waals surface area contributed by atoms with Gasteiger partial charge < -0.3 is 0 Å². The zero-order valence-electron chi connectivity index (χ0n) is 17.1. The maximum absolute atomic E-state index is 10.3. The van der Waals surface area contributed by atoms with Crippen LogP contribution in [0.25, 0.3) is 0 Å². The Morgan fingerprint density at radius 1 is 1.14 bits per heavy atom. The smallest absolute Gasteiger partial charge is 0.0865 e. The van der Waals surface area contributed by atoms with E-state index < -0.39 is 5.41 Å². The second kappa shape index (κ2) is 9.59. The molecule has 0 aromatic heterocycles. The first-order valence-electron chi connectivity index (χ1n) is 10.5. The third kappa shape index (κ3) is 4.43. The average Bonchev–Trinajstić information content (AvgIpc) is 2.67. The van der Waals surface area contributed by atoms with Crippen LogP contribution < -0.4 is 0 Å². The quantitative estimate of drug-likeness (QED) is 0.479. The van der Waals surface area contributed by atoms with Crippen molar-refractivity contribution in [3.05, 3.63) is 70.7 Å². The summed E-state index contributed by atoms with van der Waals surface area (Å²) in [5.41, 5.74) is 1.90. The predicted octanol–water partition coefficient (Wildman–Crippen LogP) is 6.59. The predicted molar refractivity (Wildman–Crippen MR) is 117 cm³/mol. The first-order chi connectivity index (χ1) is 13.6. The van der Waals surface area contributed by atoms with Gasteiger partial charge in [0.2, 0.25) is 0 Å². The van der Waals surface area contributed by atoms with Gasteiger partial charge in [-0.1, -0.05) is 73.5 Å². The van der Waals surface area contributed by atoms with Crippen LogP contribution in [0.2, 0.25) is 5.02 Å². The van der Waals surface area contributed by atoms with Crippen LogP contribution in [-0.4, -0.2) is 18.0 Å². The number of benzene rings is 2. The van der Waals surface area contributed by atoms with Crippen LogP contribution in [0.5, 0.6) is 0 Å². The highest BCUT2D eigenvalue weighted by Crippen LogP contribution is 2.49. The lowest BCUT2D eigenvalue weighted by molar-refractivity contribution is 0.161. The highest BCUT2D eigenvalue weighted by Gasteiger charge is 2.44. The molecule has 1 aliphatic carbocycles. The molecule has 2 aromatic carbocycles. The van der Waals surface area contributed by atoms with Crippen LogP contribution in [0.4, 0.5) is 0 Å². The highest BCUT2D eigenvalue weighted by molar-refractivity contribution is 6.31. The van der Waals surface area contributed by atoms with Gasteiger partial charge in [-0.2, -0.15) is 5.26 Å². The van der Waals surface area contributed by atoms with E-state index in [0.29, 0.717) is 12.0 Å². The van der Waals surface area contributed by atoms with Crippen molar-refractivity contribution in [3.8, 4) is 6.07 Å². The van der Waals surface area contributed by atoms with E-state index in [1.165, 1.54) is 12.0 Å². The van der Waals surface area contributed by atoms with Gasteiger partial charge in [-0.15, -0.1) is 0 Å². The van der Waals surface area contributed by atoms with E-state index >= 15 is 0 Å². The molecule has 2 nitrogen and oxygen atoms in total. The minimum atomic E-state index is -0.461. The van der Waals surface area contributed by atoms with Crippen molar-refractivity contribution in [2.24, 2.45) is 5.92 Å². The van der Waals surface area contributed by atoms with Gasteiger partial charge in [-0.05, 0) is 62.3 Å². The van der Waals surface area contributed by atoms with Gasteiger partial charge in [-0.25, -0.2) is 0 Å². The van der Waals surface area contributed by atoms with Gasteiger partial charge in [0, 0.05) is 17.6 Å². The normalized spacial score (nSPS) is 17.5. The monoisotopic (exact) mass is 394 g/mol. The molecule has 0 spiro atoms. The number of nitrogens with zero attached hydrogens (tertiary/aromatic N) is 2. The molecule has 2 atom stereocenters. The van der Waals surface area contributed by atoms with Gasteiger partial charge in [-0.3, -0.25) is 4.90 Å². The SMILES string of the molecule is CCC(CCC(C#N)(c1ccccc1Cl)C1CCC1)N(C)Cc1ccccc1. The van der Waals surface area contributed by atoms with Crippen molar-refractivity contribution in [2.45, 2.75) is 63.5 Å². The molecule has 2 aromatic rings. The molecule has 1 aliphatic rings. The zero-order valence-corrected chi connectivity index (χ0v) is 17.8. The van der Waals surface area contributed by atoms with Crippen molar-refractivity contribution in [3.63, 3.8) is 0 Å². The first kappa shape index (κ1) is 20.9. The van der Waals surface area contributed by atoms with Crippen LogP contribution >= 0.6 is 11.6 Å². The Morgan fingerprint density at radius 3 is 2.39 bits per heavy atom. The number of nitriles is 1. The summed E-state index contributed by atoms with van der Waals surface area (Å²) >= 11 is 6.57. The molecule has 0 aliphatic heterocycles. The van der Waals surface area contributed by atoms with E-state index in [-0.39, 0.29) is 0 Å². The lowest BCUT2D eigenvalue weighted by Crippen LogP contribution is -2.40. The van der Waals surface area contributed by atoms with Gasteiger partial charge in [0.05, 0.1) is 11.5 Å². The van der Waals surface area contributed by atoms with Crippen molar-refractivity contribution >= 4 is 11.6 Å². The van der Waals surface area contributed by atoms with E-state index in [1.807, 2.05) is 18.2 Å². The van der Waals surface area contributed by atoms with Gasteiger partial charge >= 0.3 is 0 Å². The van der Waals surface area contributed by atoms with Crippen LogP contribution in [0.3, 0.4) is 0 Å². The van der Waals surface area contributed by atoms with E-state index in [1.54, 1.807) is 0 Å². The Bertz CT molecular complexity index is 794. The molecule has 0 amide bonds. The molecular formula is C25H31ClN2.